The average Bonchev–Trinajstić information content (AvgIpc) is 2.17. The van der Waals surface area contributed by atoms with Crippen LogP contribution in [0, 0.1) is 0 Å². The van der Waals surface area contributed by atoms with Crippen LogP contribution >= 0.6 is 0 Å². The zero-order valence-electron chi connectivity index (χ0n) is 9.36. The Labute approximate surface area is 95.7 Å². The summed E-state index contributed by atoms with van der Waals surface area (Å²) in [6, 6.07) is 4.77. The van der Waals surface area contributed by atoms with Gasteiger partial charge in [-0.1, -0.05) is 6.92 Å². The fraction of sp³-hybridized carbons (Fsp3) is 0.400. The monoisotopic (exact) mass is 244 g/mol. The SMILES string of the molecule is CCCS(=O)(=O)Nc1ccc(OC)c(N)c1. The molecule has 0 saturated carbocycles. The molecule has 0 aliphatic rings. The summed E-state index contributed by atoms with van der Waals surface area (Å²) in [5.74, 6) is 0.622. The van der Waals surface area contributed by atoms with Gasteiger partial charge in [-0.15, -0.1) is 0 Å². The highest BCUT2D eigenvalue weighted by molar-refractivity contribution is 7.92. The summed E-state index contributed by atoms with van der Waals surface area (Å²) in [5, 5.41) is 0. The molecule has 0 amide bonds. The summed E-state index contributed by atoms with van der Waals surface area (Å²) in [6.45, 7) is 1.81. The summed E-state index contributed by atoms with van der Waals surface area (Å²) < 4.78 is 30.4. The van der Waals surface area contributed by atoms with Crippen molar-refractivity contribution in [3.63, 3.8) is 0 Å². The minimum Gasteiger partial charge on any atom is -0.495 e. The van der Waals surface area contributed by atoms with Crippen LogP contribution in [0.15, 0.2) is 18.2 Å². The smallest absolute Gasteiger partial charge is 0.232 e. The third-order valence-electron chi connectivity index (χ3n) is 1.98. The molecule has 0 aliphatic carbocycles. The van der Waals surface area contributed by atoms with Gasteiger partial charge in [0.05, 0.1) is 24.2 Å². The van der Waals surface area contributed by atoms with Crippen LogP contribution in [0.3, 0.4) is 0 Å². The summed E-state index contributed by atoms with van der Waals surface area (Å²) >= 11 is 0. The summed E-state index contributed by atoms with van der Waals surface area (Å²) in [6.07, 6.45) is 0.570. The molecule has 3 N–H and O–H groups in total. The maximum Gasteiger partial charge on any atom is 0.232 e. The molecule has 0 bridgehead atoms. The van der Waals surface area contributed by atoms with E-state index in [1.54, 1.807) is 12.1 Å². The van der Waals surface area contributed by atoms with E-state index in [0.717, 1.165) is 0 Å². The van der Waals surface area contributed by atoms with E-state index in [-0.39, 0.29) is 5.75 Å². The van der Waals surface area contributed by atoms with Crippen LogP contribution in [-0.2, 0) is 10.0 Å². The van der Waals surface area contributed by atoms with Gasteiger partial charge in [-0.05, 0) is 24.6 Å². The second-order valence-electron chi connectivity index (χ2n) is 3.38. The number of nitrogens with two attached hydrogens (primary N) is 1. The first kappa shape index (κ1) is 12.6. The number of hydrogen-bond acceptors (Lipinski definition) is 4. The lowest BCUT2D eigenvalue weighted by molar-refractivity contribution is 0.417. The first-order chi connectivity index (χ1) is 7.48. The van der Waals surface area contributed by atoms with E-state index in [1.165, 1.54) is 13.2 Å². The molecule has 5 nitrogen and oxygen atoms in total. The predicted molar refractivity (Wildman–Crippen MR) is 65.1 cm³/mol. The maximum atomic E-state index is 11.5. The highest BCUT2D eigenvalue weighted by Gasteiger charge is 2.09. The van der Waals surface area contributed by atoms with E-state index in [2.05, 4.69) is 4.72 Å². The molecule has 1 rings (SSSR count). The van der Waals surface area contributed by atoms with Gasteiger partial charge in [-0.3, -0.25) is 4.72 Å². The second kappa shape index (κ2) is 5.07. The standard InChI is InChI=1S/C10H16N2O3S/c1-3-6-16(13,14)12-8-4-5-10(15-2)9(11)7-8/h4-5,7,12H,3,6,11H2,1-2H3. The maximum absolute atomic E-state index is 11.5. The number of sulfonamides is 1. The normalized spacial score (nSPS) is 11.1. The fourth-order valence-electron chi connectivity index (χ4n) is 1.30. The van der Waals surface area contributed by atoms with Gasteiger partial charge >= 0.3 is 0 Å². The van der Waals surface area contributed by atoms with Crippen LogP contribution in [-0.4, -0.2) is 21.3 Å². The molecule has 0 radical (unpaired) electrons. The van der Waals surface area contributed by atoms with Crippen LogP contribution in [0.1, 0.15) is 13.3 Å². The molecule has 90 valence electrons. The summed E-state index contributed by atoms with van der Waals surface area (Å²) in [7, 11) is -1.76. The van der Waals surface area contributed by atoms with Gasteiger partial charge in [0.25, 0.3) is 0 Å². The summed E-state index contributed by atoms with van der Waals surface area (Å²) in [4.78, 5) is 0. The van der Waals surface area contributed by atoms with Crippen molar-refractivity contribution in [3.05, 3.63) is 18.2 Å². The Balaban J connectivity index is 2.87. The molecule has 0 unspecified atom stereocenters. The van der Waals surface area contributed by atoms with Gasteiger partial charge in [0, 0.05) is 0 Å². The molecule has 0 spiro atoms. The Morgan fingerprint density at radius 1 is 1.44 bits per heavy atom. The van der Waals surface area contributed by atoms with Gasteiger partial charge in [0.15, 0.2) is 0 Å². The molecule has 0 fully saturated rings. The van der Waals surface area contributed by atoms with Crippen molar-refractivity contribution in [2.24, 2.45) is 0 Å². The van der Waals surface area contributed by atoms with E-state index in [0.29, 0.717) is 23.5 Å². The van der Waals surface area contributed by atoms with Crippen molar-refractivity contribution in [2.75, 3.05) is 23.3 Å². The molecule has 0 aromatic heterocycles. The van der Waals surface area contributed by atoms with E-state index in [9.17, 15) is 8.42 Å². The van der Waals surface area contributed by atoms with Crippen LogP contribution < -0.4 is 15.2 Å². The number of nitrogen functional groups attached to an aromatic ring is 1. The van der Waals surface area contributed by atoms with Crippen LogP contribution in [0.25, 0.3) is 0 Å². The van der Waals surface area contributed by atoms with Crippen molar-refractivity contribution in [2.45, 2.75) is 13.3 Å². The first-order valence-electron chi connectivity index (χ1n) is 4.92. The highest BCUT2D eigenvalue weighted by Crippen LogP contribution is 2.25. The van der Waals surface area contributed by atoms with Gasteiger partial charge in [-0.2, -0.15) is 0 Å². The lowest BCUT2D eigenvalue weighted by atomic mass is 10.2. The minimum atomic E-state index is -3.27. The number of hydrogen-bond donors (Lipinski definition) is 2. The molecule has 0 heterocycles. The molecular weight excluding hydrogens is 228 g/mol. The fourth-order valence-corrected chi connectivity index (χ4v) is 2.42. The lowest BCUT2D eigenvalue weighted by Crippen LogP contribution is -2.16. The highest BCUT2D eigenvalue weighted by atomic mass is 32.2. The zero-order valence-corrected chi connectivity index (χ0v) is 10.2. The van der Waals surface area contributed by atoms with E-state index >= 15 is 0 Å². The Bertz CT molecular complexity index is 457. The zero-order chi connectivity index (χ0) is 12.2. The number of ether oxygens (including phenoxy) is 1. The van der Waals surface area contributed by atoms with Gasteiger partial charge in [0.2, 0.25) is 10.0 Å². The van der Waals surface area contributed by atoms with E-state index < -0.39 is 10.0 Å². The number of anilines is 2. The number of methoxy groups -OCH3 is 1. The first-order valence-corrected chi connectivity index (χ1v) is 6.57. The topological polar surface area (TPSA) is 81.4 Å². The van der Waals surface area contributed by atoms with Crippen molar-refractivity contribution in [1.29, 1.82) is 0 Å². The quantitative estimate of drug-likeness (QED) is 0.768. The third-order valence-corrected chi connectivity index (χ3v) is 3.47. The summed E-state index contributed by atoms with van der Waals surface area (Å²) in [5.41, 5.74) is 6.52. The Morgan fingerprint density at radius 3 is 2.62 bits per heavy atom. The largest absolute Gasteiger partial charge is 0.495 e. The van der Waals surface area contributed by atoms with Gasteiger partial charge in [0.1, 0.15) is 5.75 Å². The lowest BCUT2D eigenvalue weighted by Gasteiger charge is -2.09. The second-order valence-corrected chi connectivity index (χ2v) is 5.22. The van der Waals surface area contributed by atoms with Crippen LogP contribution in [0.2, 0.25) is 0 Å². The minimum absolute atomic E-state index is 0.0962. The molecule has 6 heteroatoms. The molecular formula is C10H16N2O3S. The van der Waals surface area contributed by atoms with Crippen molar-refractivity contribution in [1.82, 2.24) is 0 Å². The van der Waals surface area contributed by atoms with Crippen molar-refractivity contribution < 1.29 is 13.2 Å². The number of nitrogens with one attached hydrogen (secondary N) is 1. The van der Waals surface area contributed by atoms with Crippen LogP contribution in [0.5, 0.6) is 5.75 Å². The number of benzene rings is 1. The average molecular weight is 244 g/mol. The van der Waals surface area contributed by atoms with Crippen LogP contribution in [0.4, 0.5) is 11.4 Å². The van der Waals surface area contributed by atoms with Gasteiger partial charge < -0.3 is 10.5 Å². The molecule has 0 saturated heterocycles. The van der Waals surface area contributed by atoms with E-state index in [4.69, 9.17) is 10.5 Å². The molecule has 16 heavy (non-hydrogen) atoms. The predicted octanol–water partition coefficient (Wildman–Crippen LogP) is 1.43. The van der Waals surface area contributed by atoms with Gasteiger partial charge in [-0.25, -0.2) is 8.42 Å². The van der Waals surface area contributed by atoms with E-state index in [1.807, 2.05) is 6.92 Å². The molecule has 0 atom stereocenters. The molecule has 1 aromatic rings. The van der Waals surface area contributed by atoms with Crippen molar-refractivity contribution >= 4 is 21.4 Å². The molecule has 1 aromatic carbocycles. The number of rotatable bonds is 5. The third kappa shape index (κ3) is 3.30. The Morgan fingerprint density at radius 2 is 2.12 bits per heavy atom. The Kier molecular flexibility index (Phi) is 4.00. The Hall–Kier alpha value is -1.43. The van der Waals surface area contributed by atoms with Crippen molar-refractivity contribution in [3.8, 4) is 5.75 Å². The molecule has 0 aliphatic heterocycles.